The number of nitrogens with one attached hydrogen (secondary N) is 1. The van der Waals surface area contributed by atoms with Crippen LogP contribution in [0.5, 0.6) is 0 Å². The smallest absolute Gasteiger partial charge is 0.253 e. The molecule has 2 fully saturated rings. The maximum Gasteiger partial charge on any atom is 0.253 e. The van der Waals surface area contributed by atoms with E-state index < -0.39 is 0 Å². The summed E-state index contributed by atoms with van der Waals surface area (Å²) in [4.78, 5) is 35.2. The molecule has 36 heavy (non-hydrogen) atoms. The van der Waals surface area contributed by atoms with Crippen molar-refractivity contribution in [1.29, 1.82) is 0 Å². The number of aromatic nitrogens is 2. The number of hydrogen-bond acceptors (Lipinski definition) is 4. The van der Waals surface area contributed by atoms with Crippen LogP contribution in [0.3, 0.4) is 0 Å². The van der Waals surface area contributed by atoms with Crippen molar-refractivity contribution >= 4 is 22.8 Å². The van der Waals surface area contributed by atoms with Gasteiger partial charge in [-0.05, 0) is 81.8 Å². The molecule has 1 N–H and O–H groups in total. The summed E-state index contributed by atoms with van der Waals surface area (Å²) in [6.45, 7) is 15.4. The first-order valence-electron chi connectivity index (χ1n) is 14.1. The van der Waals surface area contributed by atoms with Crippen LogP contribution in [0.25, 0.3) is 11.0 Å². The van der Waals surface area contributed by atoms with E-state index in [0.717, 1.165) is 67.9 Å². The first-order chi connectivity index (χ1) is 17.3. The van der Waals surface area contributed by atoms with Crippen molar-refractivity contribution in [3.05, 3.63) is 29.6 Å². The van der Waals surface area contributed by atoms with E-state index in [9.17, 15) is 9.59 Å². The Balaban J connectivity index is 1.60. The Labute approximate surface area is 216 Å². The van der Waals surface area contributed by atoms with Crippen LogP contribution in [0.4, 0.5) is 0 Å². The maximum absolute atomic E-state index is 13.7. The van der Waals surface area contributed by atoms with Gasteiger partial charge < -0.3 is 19.7 Å². The summed E-state index contributed by atoms with van der Waals surface area (Å²) >= 11 is 0. The number of carbonyl (C=O) groups excluding carboxylic acids is 2. The molecule has 7 nitrogen and oxygen atoms in total. The minimum Gasteiger partial charge on any atom is -0.355 e. The molecular weight excluding hydrogens is 450 g/mol. The van der Waals surface area contributed by atoms with Gasteiger partial charge in [-0.3, -0.25) is 9.59 Å². The molecule has 1 atom stereocenters. The second-order valence-corrected chi connectivity index (χ2v) is 11.6. The first kappa shape index (κ1) is 26.6. The normalized spacial score (nSPS) is 18.6. The molecule has 2 aromatic rings. The molecule has 0 spiro atoms. The van der Waals surface area contributed by atoms with Crippen LogP contribution >= 0.6 is 0 Å². The lowest BCUT2D eigenvalue weighted by molar-refractivity contribution is -0.119. The van der Waals surface area contributed by atoms with Crippen molar-refractivity contribution in [3.8, 4) is 0 Å². The maximum atomic E-state index is 13.7. The van der Waals surface area contributed by atoms with Crippen molar-refractivity contribution in [2.24, 2.45) is 11.8 Å². The molecule has 0 bridgehead atoms. The van der Waals surface area contributed by atoms with Crippen molar-refractivity contribution < 1.29 is 9.59 Å². The summed E-state index contributed by atoms with van der Waals surface area (Å²) in [6, 6.07) is 5.98. The largest absolute Gasteiger partial charge is 0.355 e. The zero-order valence-corrected chi connectivity index (χ0v) is 22.8. The molecule has 3 heterocycles. The molecule has 2 amide bonds. The topological polar surface area (TPSA) is 70.5 Å². The highest BCUT2D eigenvalue weighted by Crippen LogP contribution is 2.28. The Morgan fingerprint density at radius 3 is 2.39 bits per heavy atom. The van der Waals surface area contributed by atoms with Crippen LogP contribution < -0.4 is 5.32 Å². The third-order valence-corrected chi connectivity index (χ3v) is 7.66. The predicted octanol–water partition coefficient (Wildman–Crippen LogP) is 4.66. The predicted molar refractivity (Wildman–Crippen MR) is 145 cm³/mol. The summed E-state index contributed by atoms with van der Waals surface area (Å²) in [5, 5.41) is 2.97. The van der Waals surface area contributed by atoms with Gasteiger partial charge >= 0.3 is 0 Å². The van der Waals surface area contributed by atoms with Crippen molar-refractivity contribution in [3.63, 3.8) is 0 Å². The van der Waals surface area contributed by atoms with Crippen LogP contribution in [-0.4, -0.2) is 70.4 Å². The third-order valence-electron chi connectivity index (χ3n) is 7.66. The van der Waals surface area contributed by atoms with E-state index in [-0.39, 0.29) is 17.7 Å². The Bertz CT molecular complexity index is 1030. The van der Waals surface area contributed by atoms with Crippen molar-refractivity contribution in [2.75, 3.05) is 39.3 Å². The van der Waals surface area contributed by atoms with Gasteiger partial charge in [0.25, 0.3) is 5.91 Å². The lowest BCUT2D eigenvalue weighted by atomic mass is 10.1. The number of carbonyl (C=O) groups is 2. The zero-order valence-electron chi connectivity index (χ0n) is 22.8. The number of hydrogen-bond donors (Lipinski definition) is 1. The summed E-state index contributed by atoms with van der Waals surface area (Å²) in [6.07, 6.45) is 6.13. The summed E-state index contributed by atoms with van der Waals surface area (Å²) in [5.41, 5.74) is 2.67. The molecule has 1 unspecified atom stereocenters. The minimum absolute atomic E-state index is 0.0874. The fourth-order valence-electron chi connectivity index (χ4n) is 5.39. The van der Waals surface area contributed by atoms with E-state index in [0.29, 0.717) is 24.8 Å². The summed E-state index contributed by atoms with van der Waals surface area (Å²) in [7, 11) is 0. The van der Waals surface area contributed by atoms with Crippen molar-refractivity contribution in [2.45, 2.75) is 78.7 Å². The van der Waals surface area contributed by atoms with Crippen LogP contribution in [0.2, 0.25) is 0 Å². The van der Waals surface area contributed by atoms with Gasteiger partial charge in [-0.2, -0.15) is 0 Å². The number of fused-ring (bicyclic) bond motifs is 1. The van der Waals surface area contributed by atoms with E-state index in [2.05, 4.69) is 42.5 Å². The molecule has 198 valence electrons. The van der Waals surface area contributed by atoms with Crippen LogP contribution in [0.15, 0.2) is 18.2 Å². The highest BCUT2D eigenvalue weighted by atomic mass is 16.2. The van der Waals surface area contributed by atoms with Gasteiger partial charge in [0.1, 0.15) is 5.82 Å². The second-order valence-electron chi connectivity index (χ2n) is 11.6. The number of benzene rings is 1. The number of imidazole rings is 1. The first-order valence-corrected chi connectivity index (χ1v) is 14.1. The molecule has 2 saturated heterocycles. The monoisotopic (exact) mass is 495 g/mol. The number of rotatable bonds is 12. The molecule has 1 aromatic heterocycles. The molecule has 2 aliphatic rings. The summed E-state index contributed by atoms with van der Waals surface area (Å²) < 4.78 is 2.29. The molecular formula is C29H45N5O2. The van der Waals surface area contributed by atoms with Gasteiger partial charge in [-0.25, -0.2) is 4.98 Å². The average molecular weight is 496 g/mol. The van der Waals surface area contributed by atoms with Crippen LogP contribution in [-0.2, 0) is 11.3 Å². The zero-order chi connectivity index (χ0) is 25.7. The number of nitrogens with zero attached hydrogens (tertiary/aromatic N) is 4. The van der Waals surface area contributed by atoms with Crippen LogP contribution in [0, 0.1) is 11.8 Å². The Morgan fingerprint density at radius 1 is 1.08 bits per heavy atom. The van der Waals surface area contributed by atoms with E-state index >= 15 is 0 Å². The standard InChI is InChI=1S/C29H45N5O2/c1-21(2)10-16-33(17-11-22(3)4)29(36)23-8-9-25-26(18-23)34(15-7-14-32-12-5-6-13-32)28(31-25)24-19-27(35)30-20-24/h8-9,18,21-22,24H,5-7,10-17,19-20H2,1-4H3,(H,30,35). The molecule has 0 saturated carbocycles. The molecule has 0 aliphatic carbocycles. The quantitative estimate of drug-likeness (QED) is 0.465. The van der Waals surface area contributed by atoms with Gasteiger partial charge in [0.15, 0.2) is 0 Å². The Kier molecular flexibility index (Phi) is 9.04. The van der Waals surface area contributed by atoms with Gasteiger partial charge in [0, 0.05) is 44.1 Å². The van der Waals surface area contributed by atoms with Gasteiger partial charge in [0.2, 0.25) is 5.91 Å². The molecule has 4 rings (SSSR count). The van der Waals surface area contributed by atoms with Crippen molar-refractivity contribution in [1.82, 2.24) is 24.7 Å². The Hall–Kier alpha value is -2.41. The number of amides is 2. The molecule has 0 radical (unpaired) electrons. The second kappa shape index (κ2) is 12.2. The van der Waals surface area contributed by atoms with Gasteiger partial charge in [-0.1, -0.05) is 27.7 Å². The highest BCUT2D eigenvalue weighted by Gasteiger charge is 2.29. The molecule has 7 heteroatoms. The van der Waals surface area contributed by atoms with Gasteiger partial charge in [0.05, 0.1) is 11.0 Å². The third kappa shape index (κ3) is 6.67. The highest BCUT2D eigenvalue weighted by molar-refractivity contribution is 5.97. The lowest BCUT2D eigenvalue weighted by Gasteiger charge is -2.25. The SMILES string of the molecule is CC(C)CCN(CCC(C)C)C(=O)c1ccc2nc(C3CNC(=O)C3)n(CCCN3CCCC3)c2c1. The number of likely N-dealkylation sites (tertiary alicyclic amines) is 1. The molecule has 1 aromatic carbocycles. The van der Waals surface area contributed by atoms with E-state index in [1.165, 1.54) is 25.9 Å². The lowest BCUT2D eigenvalue weighted by Crippen LogP contribution is -2.34. The minimum atomic E-state index is 0.0874. The average Bonchev–Trinajstić information content (AvgIpc) is 3.58. The van der Waals surface area contributed by atoms with Crippen LogP contribution in [0.1, 0.15) is 88.3 Å². The van der Waals surface area contributed by atoms with E-state index in [4.69, 9.17) is 4.98 Å². The van der Waals surface area contributed by atoms with E-state index in [1.54, 1.807) is 0 Å². The summed E-state index contributed by atoms with van der Waals surface area (Å²) in [5.74, 6) is 2.39. The molecule has 2 aliphatic heterocycles. The fourth-order valence-corrected chi connectivity index (χ4v) is 5.39. The van der Waals surface area contributed by atoms with E-state index in [1.807, 2.05) is 23.1 Å². The van der Waals surface area contributed by atoms with Gasteiger partial charge in [-0.15, -0.1) is 0 Å². The Morgan fingerprint density at radius 2 is 1.78 bits per heavy atom. The fraction of sp³-hybridized carbons (Fsp3) is 0.690. The number of aryl methyl sites for hydroxylation is 1.